The van der Waals surface area contributed by atoms with Crippen LogP contribution in [0.5, 0.6) is 0 Å². The summed E-state index contributed by atoms with van der Waals surface area (Å²) in [6, 6.07) is 0. The molecular weight excluding hydrogens is 244 g/mol. The monoisotopic (exact) mass is 268 g/mol. The van der Waals surface area contributed by atoms with E-state index in [1.54, 1.807) is 4.68 Å². The fourth-order valence-corrected chi connectivity index (χ4v) is 2.26. The number of tetrazole rings is 1. The molecule has 0 aliphatic rings. The van der Waals surface area contributed by atoms with Gasteiger partial charge in [0.2, 0.25) is 0 Å². The molecule has 0 radical (unpaired) electrons. The van der Waals surface area contributed by atoms with Crippen molar-refractivity contribution in [2.75, 3.05) is 0 Å². The van der Waals surface area contributed by atoms with Gasteiger partial charge in [-0.2, -0.15) is 0 Å². The predicted octanol–water partition coefficient (Wildman–Crippen LogP) is 2.47. The number of carboxylic acid groups (broad SMARTS) is 1. The van der Waals surface area contributed by atoms with Gasteiger partial charge < -0.3 is 5.11 Å². The van der Waals surface area contributed by atoms with Crippen LogP contribution in [0.1, 0.15) is 64.6 Å². The molecule has 0 saturated carbocycles. The predicted molar refractivity (Wildman–Crippen MR) is 71.8 cm³/mol. The quantitative estimate of drug-likeness (QED) is 0.744. The molecule has 6 heteroatoms. The smallest absolute Gasteiger partial charge is 0.303 e. The minimum atomic E-state index is -0.778. The first kappa shape index (κ1) is 15.6. The molecule has 1 rings (SSSR count). The molecule has 0 bridgehead atoms. The Balaban J connectivity index is 2.69. The number of carboxylic acids is 1. The van der Waals surface area contributed by atoms with Gasteiger partial charge in [-0.25, -0.2) is 4.68 Å². The Morgan fingerprint density at radius 1 is 1.42 bits per heavy atom. The molecular formula is C13H24N4O2. The normalized spacial score (nSPS) is 14.3. The van der Waals surface area contributed by atoms with Crippen LogP contribution in [0.15, 0.2) is 0 Å². The summed E-state index contributed by atoms with van der Waals surface area (Å²) >= 11 is 0. The van der Waals surface area contributed by atoms with E-state index >= 15 is 0 Å². The molecule has 0 amide bonds. The van der Waals surface area contributed by atoms with E-state index < -0.39 is 5.97 Å². The van der Waals surface area contributed by atoms with Crippen molar-refractivity contribution in [1.82, 2.24) is 20.2 Å². The lowest BCUT2D eigenvalue weighted by Crippen LogP contribution is -2.17. The molecule has 0 fully saturated rings. The van der Waals surface area contributed by atoms with E-state index in [0.717, 1.165) is 31.5 Å². The highest BCUT2D eigenvalue weighted by Crippen LogP contribution is 2.23. The summed E-state index contributed by atoms with van der Waals surface area (Å²) < 4.78 is 1.78. The molecule has 2 unspecified atom stereocenters. The van der Waals surface area contributed by atoms with E-state index in [0.29, 0.717) is 12.5 Å². The van der Waals surface area contributed by atoms with Crippen molar-refractivity contribution in [2.45, 2.75) is 65.3 Å². The van der Waals surface area contributed by atoms with Crippen LogP contribution >= 0.6 is 0 Å². The van der Waals surface area contributed by atoms with Gasteiger partial charge in [0.1, 0.15) is 0 Å². The lowest BCUT2D eigenvalue weighted by molar-refractivity contribution is -0.138. The van der Waals surface area contributed by atoms with Gasteiger partial charge in [-0.3, -0.25) is 4.79 Å². The zero-order valence-electron chi connectivity index (χ0n) is 12.0. The second-order valence-electron chi connectivity index (χ2n) is 5.17. The van der Waals surface area contributed by atoms with Crippen LogP contribution in [0.25, 0.3) is 0 Å². The molecule has 0 spiro atoms. The Bertz CT molecular complexity index is 392. The van der Waals surface area contributed by atoms with E-state index in [2.05, 4.69) is 29.4 Å². The van der Waals surface area contributed by atoms with Crippen molar-refractivity contribution < 1.29 is 9.90 Å². The molecule has 19 heavy (non-hydrogen) atoms. The third-order valence-electron chi connectivity index (χ3n) is 3.33. The Morgan fingerprint density at radius 3 is 2.74 bits per heavy atom. The summed E-state index contributed by atoms with van der Waals surface area (Å²) in [4.78, 5) is 10.7. The van der Waals surface area contributed by atoms with Gasteiger partial charge in [0.25, 0.3) is 0 Å². The number of unbranched alkanes of at least 4 members (excludes halogenated alkanes) is 1. The molecule has 2 atom stereocenters. The zero-order chi connectivity index (χ0) is 14.3. The molecule has 1 heterocycles. The highest BCUT2D eigenvalue weighted by Gasteiger charge is 2.19. The zero-order valence-corrected chi connectivity index (χ0v) is 12.0. The van der Waals surface area contributed by atoms with Crippen LogP contribution in [0.3, 0.4) is 0 Å². The average Bonchev–Trinajstić information content (AvgIpc) is 2.77. The van der Waals surface area contributed by atoms with Crippen molar-refractivity contribution in [3.8, 4) is 0 Å². The maximum absolute atomic E-state index is 10.7. The first-order chi connectivity index (χ1) is 9.08. The van der Waals surface area contributed by atoms with Gasteiger partial charge in [0.05, 0.1) is 0 Å². The first-order valence-electron chi connectivity index (χ1n) is 7.06. The summed E-state index contributed by atoms with van der Waals surface area (Å²) in [5.74, 6) is 0.517. The third kappa shape index (κ3) is 4.96. The lowest BCUT2D eigenvalue weighted by Gasteiger charge is -2.15. The number of rotatable bonds is 9. The number of hydrogen-bond donors (Lipinski definition) is 1. The van der Waals surface area contributed by atoms with Gasteiger partial charge in [-0.15, -0.1) is 5.10 Å². The molecule has 6 nitrogen and oxygen atoms in total. The second-order valence-corrected chi connectivity index (χ2v) is 5.17. The van der Waals surface area contributed by atoms with Crippen LogP contribution in [-0.4, -0.2) is 31.3 Å². The Kier molecular flexibility index (Phi) is 6.45. The molecule has 0 aromatic carbocycles. The SMILES string of the molecule is CCCCC(CC)c1nnnn1CC(C)CC(=O)O. The van der Waals surface area contributed by atoms with Gasteiger partial charge in [-0.05, 0) is 29.2 Å². The van der Waals surface area contributed by atoms with E-state index in [4.69, 9.17) is 5.11 Å². The van der Waals surface area contributed by atoms with Crippen molar-refractivity contribution in [3.63, 3.8) is 0 Å². The van der Waals surface area contributed by atoms with Crippen molar-refractivity contribution in [1.29, 1.82) is 0 Å². The standard InChI is InChI=1S/C13H24N4O2/c1-4-6-7-11(5-2)13-14-15-16-17(13)9-10(3)8-12(18)19/h10-11H,4-9H2,1-3H3,(H,18,19). The van der Waals surface area contributed by atoms with E-state index in [9.17, 15) is 4.79 Å². The lowest BCUT2D eigenvalue weighted by atomic mass is 9.98. The summed E-state index contributed by atoms with van der Waals surface area (Å²) in [7, 11) is 0. The van der Waals surface area contributed by atoms with Gasteiger partial charge in [0.15, 0.2) is 5.82 Å². The van der Waals surface area contributed by atoms with Gasteiger partial charge in [-0.1, -0.05) is 33.6 Å². The van der Waals surface area contributed by atoms with Crippen LogP contribution in [0, 0.1) is 5.92 Å². The maximum Gasteiger partial charge on any atom is 0.303 e. The van der Waals surface area contributed by atoms with Crippen LogP contribution in [0.2, 0.25) is 0 Å². The fourth-order valence-electron chi connectivity index (χ4n) is 2.26. The van der Waals surface area contributed by atoms with Crippen molar-refractivity contribution in [3.05, 3.63) is 5.82 Å². The third-order valence-corrected chi connectivity index (χ3v) is 3.33. The summed E-state index contributed by atoms with van der Waals surface area (Å²) in [6.45, 7) is 6.79. The van der Waals surface area contributed by atoms with E-state index in [-0.39, 0.29) is 12.3 Å². The number of carbonyl (C=O) groups is 1. The number of aliphatic carboxylic acids is 1. The fraction of sp³-hybridized carbons (Fsp3) is 0.846. The molecule has 1 N–H and O–H groups in total. The summed E-state index contributed by atoms with van der Waals surface area (Å²) in [6.07, 6.45) is 4.56. The molecule has 1 aromatic rings. The average molecular weight is 268 g/mol. The summed E-state index contributed by atoms with van der Waals surface area (Å²) in [5.41, 5.74) is 0. The molecule has 108 valence electrons. The highest BCUT2D eigenvalue weighted by molar-refractivity contribution is 5.66. The Hall–Kier alpha value is -1.46. The van der Waals surface area contributed by atoms with E-state index in [1.807, 2.05) is 6.92 Å². The largest absolute Gasteiger partial charge is 0.481 e. The second kappa shape index (κ2) is 7.86. The van der Waals surface area contributed by atoms with Gasteiger partial charge >= 0.3 is 5.97 Å². The Labute approximate surface area is 114 Å². The minimum absolute atomic E-state index is 0.0310. The van der Waals surface area contributed by atoms with Crippen molar-refractivity contribution >= 4 is 5.97 Å². The van der Waals surface area contributed by atoms with Gasteiger partial charge in [0, 0.05) is 18.9 Å². The first-order valence-corrected chi connectivity index (χ1v) is 7.06. The topological polar surface area (TPSA) is 80.9 Å². The molecule has 0 aliphatic heterocycles. The summed E-state index contributed by atoms with van der Waals surface area (Å²) in [5, 5.41) is 20.7. The van der Waals surface area contributed by atoms with Crippen LogP contribution < -0.4 is 0 Å². The van der Waals surface area contributed by atoms with E-state index in [1.165, 1.54) is 0 Å². The van der Waals surface area contributed by atoms with Crippen molar-refractivity contribution in [2.24, 2.45) is 5.92 Å². The number of hydrogen-bond acceptors (Lipinski definition) is 4. The minimum Gasteiger partial charge on any atom is -0.481 e. The number of nitrogens with zero attached hydrogens (tertiary/aromatic N) is 4. The number of aromatic nitrogens is 4. The van der Waals surface area contributed by atoms with Crippen LogP contribution in [-0.2, 0) is 11.3 Å². The molecule has 0 saturated heterocycles. The maximum atomic E-state index is 10.7. The van der Waals surface area contributed by atoms with Crippen LogP contribution in [0.4, 0.5) is 0 Å². The Morgan fingerprint density at radius 2 is 2.16 bits per heavy atom. The molecule has 0 aliphatic carbocycles. The highest BCUT2D eigenvalue weighted by atomic mass is 16.4. The molecule has 1 aromatic heterocycles.